The van der Waals surface area contributed by atoms with Crippen LogP contribution in [0.4, 0.5) is 0 Å². The molecule has 258 valence electrons. The lowest BCUT2D eigenvalue weighted by Crippen LogP contribution is -2.69. The molecule has 1 N–H and O–H groups in total. The molecule has 0 amide bonds. The zero-order chi connectivity index (χ0) is 34.8. The lowest BCUT2D eigenvalue weighted by molar-refractivity contribution is -0.280. The van der Waals surface area contributed by atoms with Crippen molar-refractivity contribution in [1.29, 1.82) is 0 Å². The number of methoxy groups -OCH3 is 1. The van der Waals surface area contributed by atoms with Crippen LogP contribution in [0.3, 0.4) is 0 Å². The number of thiol groups is 1. The van der Waals surface area contributed by atoms with Crippen molar-refractivity contribution in [3.8, 4) is 5.75 Å². The van der Waals surface area contributed by atoms with Gasteiger partial charge in [-0.2, -0.15) is 0 Å². The summed E-state index contributed by atoms with van der Waals surface area (Å²) in [6, 6.07) is 35.2. The molecule has 1 unspecified atom stereocenters. The molecule has 0 radical (unpaired) electrons. The molecule has 0 aliphatic carbocycles. The van der Waals surface area contributed by atoms with Gasteiger partial charge in [-0.3, -0.25) is 9.59 Å². The summed E-state index contributed by atoms with van der Waals surface area (Å²) < 4.78 is 31.2. The first-order chi connectivity index (χ1) is 23.7. The van der Waals surface area contributed by atoms with Gasteiger partial charge in [0.15, 0.2) is 16.5 Å². The number of ether oxygens (including phenoxy) is 5. The Labute approximate surface area is 293 Å². The zero-order valence-electron chi connectivity index (χ0n) is 28.1. The van der Waals surface area contributed by atoms with Crippen molar-refractivity contribution in [3.05, 3.63) is 137 Å². The minimum absolute atomic E-state index is 0.0694. The largest absolute Gasteiger partial charge is 0.497 e. The summed E-state index contributed by atoms with van der Waals surface area (Å²) >= 11 is 4.82. The molecule has 0 bridgehead atoms. The van der Waals surface area contributed by atoms with E-state index in [2.05, 4.69) is 24.3 Å². The van der Waals surface area contributed by atoms with Gasteiger partial charge in [0.2, 0.25) is 0 Å². The minimum Gasteiger partial charge on any atom is -0.497 e. The van der Waals surface area contributed by atoms with Crippen molar-refractivity contribution in [2.24, 2.45) is 0 Å². The van der Waals surface area contributed by atoms with Crippen molar-refractivity contribution < 1.29 is 38.4 Å². The molecule has 0 aromatic heterocycles. The number of aliphatic hydroxyl groups is 1. The Morgan fingerprint density at radius 1 is 0.735 bits per heavy atom. The summed E-state index contributed by atoms with van der Waals surface area (Å²) in [5.74, 6) is -0.221. The number of hydrogen-bond donors (Lipinski definition) is 2. The molecule has 1 fully saturated rings. The molecule has 1 saturated heterocycles. The Hall–Kier alpha value is -3.83. The van der Waals surface area contributed by atoms with E-state index in [1.807, 2.05) is 84.9 Å². The second kappa shape index (κ2) is 17.2. The van der Waals surface area contributed by atoms with Gasteiger partial charge in [-0.05, 0) is 53.3 Å². The van der Waals surface area contributed by atoms with Gasteiger partial charge in [-0.15, -0.1) is 12.6 Å². The standard InChI is InChI=1S/C40H44O8S/c1-4-34(42)40(49)39(47-26-32-19-21-33(44-3)22-20-32)38(46-25-31-17-15-29(16-18-31)23-28-11-7-5-8-12-28)37(36(48-40)35(43)27(2)41)45-24-30-13-9-6-10-14-30/h5-22,35-39,43,49H,4,23-26H2,1-3H3/t35?,36-,37+,38+,39-,40+/m1/s1. The third-order valence-corrected chi connectivity index (χ3v) is 9.30. The molecule has 1 aliphatic rings. The van der Waals surface area contributed by atoms with E-state index in [1.54, 1.807) is 14.0 Å². The Bertz CT molecular complexity index is 1630. The van der Waals surface area contributed by atoms with Gasteiger partial charge in [-0.25, -0.2) is 0 Å². The second-order valence-corrected chi connectivity index (χ2v) is 12.9. The summed E-state index contributed by atoms with van der Waals surface area (Å²) in [5, 5.41) is 11.2. The number of carbonyl (C=O) groups is 2. The molecule has 1 heterocycles. The van der Waals surface area contributed by atoms with Gasteiger partial charge < -0.3 is 28.8 Å². The highest BCUT2D eigenvalue weighted by atomic mass is 32.1. The maximum absolute atomic E-state index is 13.7. The predicted molar refractivity (Wildman–Crippen MR) is 189 cm³/mol. The number of Topliss-reactive ketones (excluding diaryl/α,β-unsaturated/α-hetero) is 2. The fourth-order valence-corrected chi connectivity index (χ4v) is 6.41. The molecule has 49 heavy (non-hydrogen) atoms. The number of hydrogen-bond acceptors (Lipinski definition) is 9. The van der Waals surface area contributed by atoms with Gasteiger partial charge in [0.1, 0.15) is 36.3 Å². The number of aliphatic hydroxyl groups excluding tert-OH is 1. The highest BCUT2D eigenvalue weighted by molar-refractivity contribution is 7.82. The van der Waals surface area contributed by atoms with Crippen molar-refractivity contribution in [3.63, 3.8) is 0 Å². The molecule has 6 atom stereocenters. The molecule has 0 spiro atoms. The third kappa shape index (κ3) is 9.25. The van der Waals surface area contributed by atoms with E-state index >= 15 is 0 Å². The van der Waals surface area contributed by atoms with Crippen LogP contribution in [-0.4, -0.2) is 59.2 Å². The maximum atomic E-state index is 13.7. The molecule has 9 heteroatoms. The number of benzene rings is 4. The Morgan fingerprint density at radius 2 is 1.20 bits per heavy atom. The van der Waals surface area contributed by atoms with Crippen LogP contribution >= 0.6 is 12.6 Å². The van der Waals surface area contributed by atoms with Gasteiger partial charge in [0, 0.05) is 6.42 Å². The number of ketones is 2. The summed E-state index contributed by atoms with van der Waals surface area (Å²) in [4.78, 5) is 24.4. The fraction of sp³-hybridized carbons (Fsp3) is 0.350. The molecule has 1 aliphatic heterocycles. The van der Waals surface area contributed by atoms with E-state index in [0.717, 1.165) is 28.7 Å². The first kappa shape index (κ1) is 36.5. The van der Waals surface area contributed by atoms with Crippen LogP contribution in [0, 0.1) is 0 Å². The van der Waals surface area contributed by atoms with Crippen molar-refractivity contribution in [2.45, 2.75) is 82.0 Å². The molecule has 4 aromatic rings. The van der Waals surface area contributed by atoms with Gasteiger partial charge in [0.25, 0.3) is 0 Å². The quantitative estimate of drug-likeness (QED) is 0.133. The highest BCUT2D eigenvalue weighted by Crippen LogP contribution is 2.41. The van der Waals surface area contributed by atoms with E-state index in [0.29, 0.717) is 5.75 Å². The number of carbonyl (C=O) groups excluding carboxylic acids is 2. The predicted octanol–water partition coefficient (Wildman–Crippen LogP) is 6.30. The zero-order valence-corrected chi connectivity index (χ0v) is 29.0. The van der Waals surface area contributed by atoms with E-state index in [-0.39, 0.29) is 32.0 Å². The molecule has 4 aromatic carbocycles. The SMILES string of the molecule is CCC(=O)[C@@]1(S)O[C@H](C(O)C(C)=O)[C@H](OCc2ccccc2)[C@H](OCc2ccc(Cc3ccccc3)cc2)[C@H]1OCc1ccc(OC)cc1. The van der Waals surface area contributed by atoms with Crippen LogP contribution in [-0.2, 0) is 54.8 Å². The van der Waals surface area contributed by atoms with E-state index in [9.17, 15) is 14.7 Å². The van der Waals surface area contributed by atoms with Crippen LogP contribution in [0.5, 0.6) is 5.75 Å². The summed E-state index contributed by atoms with van der Waals surface area (Å²) in [6.45, 7) is 3.33. The maximum Gasteiger partial charge on any atom is 0.198 e. The summed E-state index contributed by atoms with van der Waals surface area (Å²) in [7, 11) is 1.59. The summed E-state index contributed by atoms with van der Waals surface area (Å²) in [5.41, 5.74) is 4.94. The van der Waals surface area contributed by atoms with Crippen LogP contribution < -0.4 is 4.74 Å². The molecular weight excluding hydrogens is 640 g/mol. The highest BCUT2D eigenvalue weighted by Gasteiger charge is 2.60. The van der Waals surface area contributed by atoms with Crippen molar-refractivity contribution in [1.82, 2.24) is 0 Å². The third-order valence-electron chi connectivity index (χ3n) is 8.69. The summed E-state index contributed by atoms with van der Waals surface area (Å²) in [6.07, 6.45) is -5.09. The smallest absolute Gasteiger partial charge is 0.198 e. The fourth-order valence-electron chi connectivity index (χ4n) is 5.91. The molecular formula is C40H44O8S. The van der Waals surface area contributed by atoms with Gasteiger partial charge in [0.05, 0.1) is 26.9 Å². The van der Waals surface area contributed by atoms with Crippen molar-refractivity contribution in [2.75, 3.05) is 7.11 Å². The van der Waals surface area contributed by atoms with Gasteiger partial charge in [-0.1, -0.05) is 104 Å². The molecule has 0 saturated carbocycles. The Morgan fingerprint density at radius 3 is 1.76 bits per heavy atom. The average Bonchev–Trinajstić information content (AvgIpc) is 3.13. The van der Waals surface area contributed by atoms with Crippen LogP contribution in [0.1, 0.15) is 48.1 Å². The topological polar surface area (TPSA) is 101 Å². The van der Waals surface area contributed by atoms with Crippen LogP contribution in [0.25, 0.3) is 0 Å². The Kier molecular flexibility index (Phi) is 12.8. The number of rotatable bonds is 16. The van der Waals surface area contributed by atoms with Crippen LogP contribution in [0.15, 0.2) is 109 Å². The first-order valence-electron chi connectivity index (χ1n) is 16.5. The minimum atomic E-state index is -1.86. The lowest BCUT2D eigenvalue weighted by atomic mass is 9.87. The van der Waals surface area contributed by atoms with E-state index in [4.69, 9.17) is 36.3 Å². The average molecular weight is 685 g/mol. The normalized spacial score (nSPS) is 22.7. The Balaban J connectivity index is 1.48. The van der Waals surface area contributed by atoms with Crippen molar-refractivity contribution >= 4 is 24.2 Å². The molecule has 5 rings (SSSR count). The van der Waals surface area contributed by atoms with E-state index < -0.39 is 41.2 Å². The van der Waals surface area contributed by atoms with Gasteiger partial charge >= 0.3 is 0 Å². The van der Waals surface area contributed by atoms with Crippen LogP contribution in [0.2, 0.25) is 0 Å². The second-order valence-electron chi connectivity index (χ2n) is 12.2. The monoisotopic (exact) mass is 684 g/mol. The lowest BCUT2D eigenvalue weighted by Gasteiger charge is -2.50. The molecule has 8 nitrogen and oxygen atoms in total. The van der Waals surface area contributed by atoms with E-state index in [1.165, 1.54) is 12.5 Å². The first-order valence-corrected chi connectivity index (χ1v) is 16.9.